The summed E-state index contributed by atoms with van der Waals surface area (Å²) in [5.41, 5.74) is 14.2. The first-order chi connectivity index (χ1) is 25.6. The molecule has 0 unspecified atom stereocenters. The molecule has 1 aliphatic carbocycles. The number of benzene rings is 1. The van der Waals surface area contributed by atoms with Crippen molar-refractivity contribution in [3.8, 4) is 45.6 Å². The number of hydrogen-bond donors (Lipinski definition) is 2. The maximum Gasteiger partial charge on any atom is 0.118 e. The van der Waals surface area contributed by atoms with Crippen LogP contribution in [0.2, 0.25) is 0 Å². The van der Waals surface area contributed by atoms with Crippen LogP contribution in [-0.4, -0.2) is 41.3 Å². The van der Waals surface area contributed by atoms with Crippen molar-refractivity contribution in [1.82, 2.24) is 29.9 Å². The van der Waals surface area contributed by atoms with E-state index in [2.05, 4.69) is 15.4 Å². The van der Waals surface area contributed by atoms with Gasteiger partial charge in [-0.3, -0.25) is 20.8 Å². The highest BCUT2D eigenvalue weighted by atomic mass is 15.3. The molecule has 6 aromatic heterocycles. The third-order valence-electron chi connectivity index (χ3n) is 8.35. The van der Waals surface area contributed by atoms with E-state index in [0.717, 1.165) is 45.4 Å². The van der Waals surface area contributed by atoms with E-state index in [1.165, 1.54) is 0 Å². The number of rotatable bonds is 8. The van der Waals surface area contributed by atoms with Crippen LogP contribution in [0.15, 0.2) is 163 Å². The van der Waals surface area contributed by atoms with Crippen molar-refractivity contribution in [2.24, 2.45) is 5.10 Å². The second kappa shape index (κ2) is 14.3. The van der Waals surface area contributed by atoms with E-state index >= 15 is 0 Å². The minimum absolute atomic E-state index is 0.219. The Morgan fingerprint density at radius 1 is 0.462 bits per heavy atom. The quantitative estimate of drug-likeness (QED) is 0.122. The molecule has 0 radical (unpaired) electrons. The second-order valence-electron chi connectivity index (χ2n) is 12.0. The van der Waals surface area contributed by atoms with Crippen LogP contribution in [0.4, 0.5) is 5.69 Å². The number of anilines is 1. The highest BCUT2D eigenvalue weighted by Crippen LogP contribution is 2.30. The summed E-state index contributed by atoms with van der Waals surface area (Å²) in [6, 6.07) is 44.6. The lowest BCUT2D eigenvalue weighted by Crippen LogP contribution is -2.20. The van der Waals surface area contributed by atoms with E-state index in [9.17, 15) is 5.41 Å². The van der Waals surface area contributed by atoms with Gasteiger partial charge in [0.1, 0.15) is 5.71 Å². The second-order valence-corrected chi connectivity index (χ2v) is 12.0. The first-order valence-electron chi connectivity index (χ1n) is 16.7. The van der Waals surface area contributed by atoms with Gasteiger partial charge >= 0.3 is 0 Å². The van der Waals surface area contributed by atoms with Crippen LogP contribution in [0.1, 0.15) is 17.1 Å². The number of hydrogen-bond acceptors (Lipinski definition) is 9. The van der Waals surface area contributed by atoms with Gasteiger partial charge in [-0.1, -0.05) is 54.6 Å². The van der Waals surface area contributed by atoms with Gasteiger partial charge in [-0.25, -0.2) is 19.9 Å². The van der Waals surface area contributed by atoms with Crippen LogP contribution in [0.5, 0.6) is 0 Å². The molecule has 0 aliphatic heterocycles. The lowest BCUT2D eigenvalue weighted by Gasteiger charge is -2.18. The molecule has 0 fully saturated rings. The number of nitrogens with one attached hydrogen (secondary N) is 2. The lowest BCUT2D eigenvalue weighted by atomic mass is 9.91. The van der Waals surface area contributed by atoms with Crippen molar-refractivity contribution in [3.05, 3.63) is 175 Å². The molecular weight excluding hydrogens is 643 g/mol. The Kier molecular flexibility index (Phi) is 8.80. The monoisotopic (exact) mass is 673 g/mol. The van der Waals surface area contributed by atoms with E-state index < -0.39 is 0 Å². The average Bonchev–Trinajstić information content (AvgIpc) is 3.21. The highest BCUT2D eigenvalue weighted by Gasteiger charge is 2.23. The zero-order valence-corrected chi connectivity index (χ0v) is 28.1. The highest BCUT2D eigenvalue weighted by molar-refractivity contribution is 6.62. The lowest BCUT2D eigenvalue weighted by molar-refractivity contribution is 1.17. The standard InChI is InChI=1S/C43H31N9/c1-28-12-7-18-37(46-28)38-22-11-24-41(50-38)39-20-8-16-33(47-39)29-26-31(43(32(44)27-29)52-51-30-13-3-2-4-14-30)34-17-9-21-40(48-34)42-23-10-19-36(49-42)35-15-5-6-25-45-35/h2-27,44,51H,1H3/b44-32?,52-43-. The molecule has 8 rings (SSSR count). The predicted molar refractivity (Wildman–Crippen MR) is 207 cm³/mol. The van der Waals surface area contributed by atoms with Gasteiger partial charge < -0.3 is 0 Å². The number of aromatic nitrogens is 6. The van der Waals surface area contributed by atoms with E-state index in [0.29, 0.717) is 39.8 Å². The molecular formula is C43H31N9. The van der Waals surface area contributed by atoms with Gasteiger partial charge in [0.15, 0.2) is 0 Å². The molecule has 9 nitrogen and oxygen atoms in total. The summed E-state index contributed by atoms with van der Waals surface area (Å²) in [5, 5.41) is 13.9. The summed E-state index contributed by atoms with van der Waals surface area (Å²) < 4.78 is 0. The van der Waals surface area contributed by atoms with Crippen LogP contribution in [0.25, 0.3) is 56.7 Å². The van der Waals surface area contributed by atoms with Gasteiger partial charge in [0.05, 0.1) is 68.3 Å². The summed E-state index contributed by atoms with van der Waals surface area (Å²) >= 11 is 0. The maximum absolute atomic E-state index is 9.19. The molecule has 52 heavy (non-hydrogen) atoms. The molecule has 1 aliphatic rings. The zero-order valence-electron chi connectivity index (χ0n) is 28.1. The number of pyridine rings is 6. The molecule has 7 aromatic rings. The number of hydrazone groups is 1. The van der Waals surface area contributed by atoms with Gasteiger partial charge in [0.25, 0.3) is 0 Å². The Balaban J connectivity index is 1.18. The third kappa shape index (κ3) is 6.92. The zero-order chi connectivity index (χ0) is 35.3. The molecule has 9 heteroatoms. The minimum Gasteiger partial charge on any atom is -0.299 e. The van der Waals surface area contributed by atoms with Crippen molar-refractivity contribution < 1.29 is 0 Å². The van der Waals surface area contributed by atoms with Gasteiger partial charge in [-0.15, -0.1) is 0 Å². The van der Waals surface area contributed by atoms with E-state index in [1.54, 1.807) is 12.3 Å². The van der Waals surface area contributed by atoms with Crippen molar-refractivity contribution in [2.75, 3.05) is 5.43 Å². The van der Waals surface area contributed by atoms with Crippen molar-refractivity contribution in [3.63, 3.8) is 0 Å². The largest absolute Gasteiger partial charge is 0.299 e. The fraction of sp³-hybridized carbons (Fsp3) is 0.0233. The Labute approximate surface area is 300 Å². The molecule has 1 aromatic carbocycles. The SMILES string of the molecule is Cc1cccc(-c2cccc(-c3cccc(C4=CC(=N)/C(=N\Nc5ccccc5)C(c5cccc(-c6cccc(-c7ccccn7)n6)n5)=C4)n3)n2)n1. The topological polar surface area (TPSA) is 126 Å². The van der Waals surface area contributed by atoms with Crippen LogP contribution in [0.3, 0.4) is 0 Å². The van der Waals surface area contributed by atoms with E-state index in [1.807, 2.05) is 153 Å². The van der Waals surface area contributed by atoms with Crippen LogP contribution in [-0.2, 0) is 0 Å². The van der Waals surface area contributed by atoms with E-state index in [-0.39, 0.29) is 5.71 Å². The third-order valence-corrected chi connectivity index (χ3v) is 8.35. The Morgan fingerprint density at radius 2 is 0.942 bits per heavy atom. The number of nitrogens with zero attached hydrogens (tertiary/aromatic N) is 7. The van der Waals surface area contributed by atoms with Gasteiger partial charge in [0, 0.05) is 23.0 Å². The Hall–Kier alpha value is -7.26. The van der Waals surface area contributed by atoms with Crippen molar-refractivity contribution in [2.45, 2.75) is 6.92 Å². The fourth-order valence-corrected chi connectivity index (χ4v) is 5.84. The Morgan fingerprint density at radius 3 is 1.54 bits per heavy atom. The van der Waals surface area contributed by atoms with Gasteiger partial charge in [-0.2, -0.15) is 5.10 Å². The number of allylic oxidation sites excluding steroid dienone is 4. The molecule has 0 atom stereocenters. The number of aryl methyl sites for hydroxylation is 1. The first kappa shape index (κ1) is 32.0. The first-order valence-corrected chi connectivity index (χ1v) is 16.7. The van der Waals surface area contributed by atoms with Gasteiger partial charge in [0.2, 0.25) is 0 Å². The molecule has 6 heterocycles. The normalized spacial score (nSPS) is 13.4. The summed E-state index contributed by atoms with van der Waals surface area (Å²) in [6.45, 7) is 1.97. The molecule has 0 saturated heterocycles. The minimum atomic E-state index is 0.219. The van der Waals surface area contributed by atoms with Crippen LogP contribution >= 0.6 is 0 Å². The van der Waals surface area contributed by atoms with Crippen molar-refractivity contribution in [1.29, 1.82) is 5.41 Å². The molecule has 0 saturated carbocycles. The van der Waals surface area contributed by atoms with Crippen molar-refractivity contribution >= 4 is 28.3 Å². The predicted octanol–water partition coefficient (Wildman–Crippen LogP) is 9.00. The summed E-state index contributed by atoms with van der Waals surface area (Å²) in [5.74, 6) is 0. The maximum atomic E-state index is 9.19. The van der Waals surface area contributed by atoms with E-state index in [4.69, 9.17) is 25.0 Å². The summed E-state index contributed by atoms with van der Waals surface area (Å²) in [7, 11) is 0. The van der Waals surface area contributed by atoms with Crippen LogP contribution in [0, 0.1) is 12.3 Å². The fourth-order valence-electron chi connectivity index (χ4n) is 5.84. The average molecular weight is 674 g/mol. The van der Waals surface area contributed by atoms with Crippen LogP contribution < -0.4 is 5.43 Å². The summed E-state index contributed by atoms with van der Waals surface area (Å²) in [4.78, 5) is 29.0. The Bertz CT molecular complexity index is 2520. The molecule has 0 spiro atoms. The molecule has 0 amide bonds. The molecule has 2 N–H and O–H groups in total. The smallest absolute Gasteiger partial charge is 0.118 e. The van der Waals surface area contributed by atoms with Gasteiger partial charge in [-0.05, 0) is 104 Å². The molecule has 0 bridgehead atoms. The molecule has 248 valence electrons. The number of para-hydroxylation sites is 1. The summed E-state index contributed by atoms with van der Waals surface area (Å²) in [6.07, 6.45) is 5.52.